The van der Waals surface area contributed by atoms with Crippen molar-refractivity contribution in [3.05, 3.63) is 76.9 Å². The van der Waals surface area contributed by atoms with Gasteiger partial charge in [-0.1, -0.05) is 18.2 Å². The molecule has 1 amide bonds. The SMILES string of the molecule is CNC(=O)c1ccc(-c2cc(C)nc([C@@H]3CCCN3Cc3ccc(C)cc3OC)c2)cn1. The molecule has 32 heavy (non-hydrogen) atoms. The lowest BCUT2D eigenvalue weighted by molar-refractivity contribution is 0.0958. The van der Waals surface area contributed by atoms with Crippen LogP contribution < -0.4 is 10.1 Å². The second-order valence-corrected chi connectivity index (χ2v) is 8.38. The molecule has 0 aliphatic carbocycles. The Kier molecular flexibility index (Phi) is 6.51. The van der Waals surface area contributed by atoms with Crippen molar-refractivity contribution in [2.24, 2.45) is 0 Å². The van der Waals surface area contributed by atoms with Gasteiger partial charge in [0.2, 0.25) is 0 Å². The highest BCUT2D eigenvalue weighted by Crippen LogP contribution is 2.35. The maximum absolute atomic E-state index is 11.8. The van der Waals surface area contributed by atoms with Gasteiger partial charge in [0, 0.05) is 36.6 Å². The molecule has 1 aliphatic heterocycles. The van der Waals surface area contributed by atoms with Gasteiger partial charge in [-0.3, -0.25) is 19.7 Å². The van der Waals surface area contributed by atoms with E-state index in [0.717, 1.165) is 54.2 Å². The Balaban J connectivity index is 1.60. The highest BCUT2D eigenvalue weighted by atomic mass is 16.5. The molecular formula is C26H30N4O2. The molecule has 1 N–H and O–H groups in total. The van der Waals surface area contributed by atoms with Crippen molar-refractivity contribution in [1.29, 1.82) is 0 Å². The Bertz CT molecular complexity index is 1110. The number of benzene rings is 1. The summed E-state index contributed by atoms with van der Waals surface area (Å²) in [6, 6.07) is 14.6. The van der Waals surface area contributed by atoms with E-state index in [-0.39, 0.29) is 11.9 Å². The van der Waals surface area contributed by atoms with Crippen LogP contribution in [-0.2, 0) is 6.54 Å². The highest BCUT2D eigenvalue weighted by Gasteiger charge is 2.28. The molecule has 166 valence electrons. The molecule has 2 aromatic heterocycles. The minimum atomic E-state index is -0.184. The van der Waals surface area contributed by atoms with Crippen LogP contribution in [0.5, 0.6) is 5.75 Å². The third-order valence-corrected chi connectivity index (χ3v) is 6.05. The first-order valence-corrected chi connectivity index (χ1v) is 11.0. The van der Waals surface area contributed by atoms with E-state index in [1.807, 2.05) is 13.0 Å². The molecule has 1 aliphatic rings. The van der Waals surface area contributed by atoms with Crippen molar-refractivity contribution in [1.82, 2.24) is 20.2 Å². The van der Waals surface area contributed by atoms with Crippen molar-refractivity contribution in [3.8, 4) is 16.9 Å². The molecule has 1 saturated heterocycles. The predicted octanol–water partition coefficient (Wildman–Crippen LogP) is 4.47. The fourth-order valence-corrected chi connectivity index (χ4v) is 4.41. The number of likely N-dealkylation sites (tertiary alicyclic amines) is 1. The molecule has 0 radical (unpaired) electrons. The molecule has 0 saturated carbocycles. The standard InChI is InChI=1S/C26H30N4O2/c1-17-7-8-20(25(12-17)32-4)16-30-11-5-6-24(30)23-14-21(13-18(2)29-23)19-9-10-22(28-15-19)26(31)27-3/h7-10,12-15,24H,5-6,11,16H2,1-4H3,(H,27,31)/t24-/m0/s1. The second-order valence-electron chi connectivity index (χ2n) is 8.38. The largest absolute Gasteiger partial charge is 0.496 e. The Hall–Kier alpha value is -3.25. The summed E-state index contributed by atoms with van der Waals surface area (Å²) in [7, 11) is 3.34. The van der Waals surface area contributed by atoms with E-state index in [9.17, 15) is 4.79 Å². The minimum absolute atomic E-state index is 0.184. The average Bonchev–Trinajstić information content (AvgIpc) is 3.27. The van der Waals surface area contributed by atoms with Crippen LogP contribution in [0.2, 0.25) is 0 Å². The molecule has 6 nitrogen and oxygen atoms in total. The number of ether oxygens (including phenoxy) is 1. The number of aromatic nitrogens is 2. The van der Waals surface area contributed by atoms with Crippen LogP contribution in [-0.4, -0.2) is 41.5 Å². The van der Waals surface area contributed by atoms with Gasteiger partial charge in [0.15, 0.2) is 0 Å². The zero-order chi connectivity index (χ0) is 22.7. The Labute approximate surface area is 189 Å². The van der Waals surface area contributed by atoms with Gasteiger partial charge < -0.3 is 10.1 Å². The van der Waals surface area contributed by atoms with Gasteiger partial charge in [-0.15, -0.1) is 0 Å². The lowest BCUT2D eigenvalue weighted by Crippen LogP contribution is -2.24. The summed E-state index contributed by atoms with van der Waals surface area (Å²) < 4.78 is 5.63. The zero-order valence-electron chi connectivity index (χ0n) is 19.2. The summed E-state index contributed by atoms with van der Waals surface area (Å²) in [5.74, 6) is 0.757. The van der Waals surface area contributed by atoms with Crippen molar-refractivity contribution >= 4 is 5.91 Å². The third-order valence-electron chi connectivity index (χ3n) is 6.05. The van der Waals surface area contributed by atoms with Crippen molar-refractivity contribution < 1.29 is 9.53 Å². The van der Waals surface area contributed by atoms with Crippen molar-refractivity contribution in [2.45, 2.75) is 39.3 Å². The van der Waals surface area contributed by atoms with Gasteiger partial charge >= 0.3 is 0 Å². The number of nitrogens with one attached hydrogen (secondary N) is 1. The maximum Gasteiger partial charge on any atom is 0.269 e. The molecular weight excluding hydrogens is 400 g/mol. The molecule has 1 atom stereocenters. The minimum Gasteiger partial charge on any atom is -0.496 e. The van der Waals surface area contributed by atoms with E-state index in [2.05, 4.69) is 52.5 Å². The molecule has 1 aromatic carbocycles. The zero-order valence-corrected chi connectivity index (χ0v) is 19.2. The smallest absolute Gasteiger partial charge is 0.269 e. The van der Waals surface area contributed by atoms with Crippen LogP contribution >= 0.6 is 0 Å². The van der Waals surface area contributed by atoms with Gasteiger partial charge in [-0.05, 0) is 68.6 Å². The fraction of sp³-hybridized carbons (Fsp3) is 0.346. The number of hydrogen-bond donors (Lipinski definition) is 1. The van der Waals surface area contributed by atoms with Crippen LogP contribution in [0, 0.1) is 13.8 Å². The summed E-state index contributed by atoms with van der Waals surface area (Å²) >= 11 is 0. The number of amides is 1. The molecule has 6 heteroatoms. The normalized spacial score (nSPS) is 16.2. The summed E-state index contributed by atoms with van der Waals surface area (Å²) in [5.41, 5.74) is 6.93. The second kappa shape index (κ2) is 9.49. The van der Waals surface area contributed by atoms with Gasteiger partial charge in [-0.2, -0.15) is 0 Å². The molecule has 3 heterocycles. The molecule has 0 unspecified atom stereocenters. The number of carbonyl (C=O) groups excluding carboxylic acids is 1. The first-order valence-electron chi connectivity index (χ1n) is 11.0. The highest BCUT2D eigenvalue weighted by molar-refractivity contribution is 5.92. The van der Waals surface area contributed by atoms with Crippen LogP contribution in [0.1, 0.15) is 51.9 Å². The molecule has 4 rings (SSSR count). The fourth-order valence-electron chi connectivity index (χ4n) is 4.41. The van der Waals surface area contributed by atoms with Crippen LogP contribution in [0.3, 0.4) is 0 Å². The lowest BCUT2D eigenvalue weighted by atomic mass is 10.0. The molecule has 0 bridgehead atoms. The first kappa shape index (κ1) is 22.0. The van der Waals surface area contributed by atoms with E-state index in [4.69, 9.17) is 9.72 Å². The Morgan fingerprint density at radius 2 is 2.00 bits per heavy atom. The summed E-state index contributed by atoms with van der Waals surface area (Å²) in [5, 5.41) is 2.61. The number of carbonyl (C=O) groups is 1. The van der Waals surface area contributed by atoms with E-state index >= 15 is 0 Å². The Morgan fingerprint density at radius 1 is 1.16 bits per heavy atom. The monoisotopic (exact) mass is 430 g/mol. The first-order chi connectivity index (χ1) is 15.5. The number of hydrogen-bond acceptors (Lipinski definition) is 5. The number of rotatable bonds is 6. The van der Waals surface area contributed by atoms with E-state index in [1.54, 1.807) is 26.4 Å². The average molecular weight is 431 g/mol. The van der Waals surface area contributed by atoms with E-state index < -0.39 is 0 Å². The van der Waals surface area contributed by atoms with Crippen LogP contribution in [0.4, 0.5) is 0 Å². The van der Waals surface area contributed by atoms with E-state index in [1.165, 1.54) is 11.1 Å². The number of nitrogens with zero attached hydrogens (tertiary/aromatic N) is 3. The van der Waals surface area contributed by atoms with Crippen molar-refractivity contribution in [3.63, 3.8) is 0 Å². The van der Waals surface area contributed by atoms with Crippen molar-refractivity contribution in [2.75, 3.05) is 20.7 Å². The number of methoxy groups -OCH3 is 1. The quantitative estimate of drug-likeness (QED) is 0.625. The molecule has 3 aromatic rings. The summed E-state index contributed by atoms with van der Waals surface area (Å²) in [6.45, 7) is 5.98. The predicted molar refractivity (Wildman–Crippen MR) is 126 cm³/mol. The summed E-state index contributed by atoms with van der Waals surface area (Å²) in [4.78, 5) is 23.5. The van der Waals surface area contributed by atoms with Gasteiger partial charge in [0.25, 0.3) is 5.91 Å². The van der Waals surface area contributed by atoms with Gasteiger partial charge in [-0.25, -0.2) is 0 Å². The topological polar surface area (TPSA) is 67.4 Å². The lowest BCUT2D eigenvalue weighted by Gasteiger charge is -2.25. The number of pyridine rings is 2. The molecule has 1 fully saturated rings. The van der Waals surface area contributed by atoms with E-state index in [0.29, 0.717) is 5.69 Å². The third kappa shape index (κ3) is 4.65. The van der Waals surface area contributed by atoms with Crippen LogP contribution in [0.25, 0.3) is 11.1 Å². The van der Waals surface area contributed by atoms with Crippen LogP contribution in [0.15, 0.2) is 48.7 Å². The number of aryl methyl sites for hydroxylation is 2. The Morgan fingerprint density at radius 3 is 2.72 bits per heavy atom. The summed E-state index contributed by atoms with van der Waals surface area (Å²) in [6.07, 6.45) is 3.98. The van der Waals surface area contributed by atoms with Gasteiger partial charge in [0.1, 0.15) is 11.4 Å². The maximum atomic E-state index is 11.8. The van der Waals surface area contributed by atoms with Gasteiger partial charge in [0.05, 0.1) is 18.8 Å². The molecule has 0 spiro atoms.